The number of likely N-dealkylation sites (tertiary alicyclic amines) is 2. The van der Waals surface area contributed by atoms with Crippen molar-refractivity contribution < 1.29 is 22.8 Å². The molecule has 3 rings (SSSR count). The Balaban J connectivity index is 1.59. The van der Waals surface area contributed by atoms with Crippen LogP contribution in [0.25, 0.3) is 0 Å². The summed E-state index contributed by atoms with van der Waals surface area (Å²) < 4.78 is 40.2. The average Bonchev–Trinajstić information content (AvgIpc) is 3.19. The number of hydrogen-bond acceptors (Lipinski definition) is 3. The Labute approximate surface area is 162 Å². The highest BCUT2D eigenvalue weighted by Gasteiger charge is 2.44. The van der Waals surface area contributed by atoms with Gasteiger partial charge < -0.3 is 20.4 Å². The van der Waals surface area contributed by atoms with Crippen LogP contribution in [0.5, 0.6) is 0 Å². The van der Waals surface area contributed by atoms with E-state index in [9.17, 15) is 22.8 Å². The number of nitrogens with two attached hydrogens (primary N) is 1. The van der Waals surface area contributed by atoms with E-state index in [2.05, 4.69) is 0 Å². The Kier molecular flexibility index (Phi) is 5.83. The number of carbonyl (C=O) groups is 2. The van der Waals surface area contributed by atoms with Crippen molar-refractivity contribution in [2.75, 3.05) is 33.7 Å². The SMILES string of the molecule is CN(C)C(=O)N1CC2CCN(C(=O)C[C@H](N)Cc3cc(F)c(F)cc3F)C2C1. The topological polar surface area (TPSA) is 69.9 Å². The summed E-state index contributed by atoms with van der Waals surface area (Å²) in [5, 5.41) is 0. The van der Waals surface area contributed by atoms with Gasteiger partial charge in [0.05, 0.1) is 6.04 Å². The van der Waals surface area contributed by atoms with E-state index >= 15 is 0 Å². The van der Waals surface area contributed by atoms with E-state index < -0.39 is 23.5 Å². The van der Waals surface area contributed by atoms with E-state index in [1.54, 1.807) is 23.9 Å². The first-order valence-electron chi connectivity index (χ1n) is 9.32. The monoisotopic (exact) mass is 398 g/mol. The van der Waals surface area contributed by atoms with Gasteiger partial charge in [0.2, 0.25) is 5.91 Å². The predicted octanol–water partition coefficient (Wildman–Crippen LogP) is 1.58. The summed E-state index contributed by atoms with van der Waals surface area (Å²) in [7, 11) is 3.38. The van der Waals surface area contributed by atoms with Crippen molar-refractivity contribution in [1.82, 2.24) is 14.7 Å². The second-order valence-electron chi connectivity index (χ2n) is 7.81. The molecular formula is C19H25F3N4O2. The lowest BCUT2D eigenvalue weighted by atomic mass is 10.0. The third-order valence-corrected chi connectivity index (χ3v) is 5.53. The number of urea groups is 1. The maximum atomic E-state index is 13.8. The number of carbonyl (C=O) groups excluding carboxylic acids is 2. The van der Waals surface area contributed by atoms with E-state index in [4.69, 9.17) is 5.73 Å². The normalized spacial score (nSPS) is 22.4. The van der Waals surface area contributed by atoms with Gasteiger partial charge in [0.25, 0.3) is 0 Å². The summed E-state index contributed by atoms with van der Waals surface area (Å²) >= 11 is 0. The minimum absolute atomic E-state index is 0.0245. The molecule has 0 aromatic heterocycles. The first-order valence-corrected chi connectivity index (χ1v) is 9.32. The number of rotatable bonds is 4. The van der Waals surface area contributed by atoms with Crippen LogP contribution < -0.4 is 5.73 Å². The predicted molar refractivity (Wildman–Crippen MR) is 96.9 cm³/mol. The Hall–Kier alpha value is -2.29. The molecule has 154 valence electrons. The van der Waals surface area contributed by atoms with Gasteiger partial charge in [-0.3, -0.25) is 4.79 Å². The molecule has 3 amide bonds. The first-order chi connectivity index (χ1) is 13.2. The fourth-order valence-electron chi connectivity index (χ4n) is 4.13. The fourth-order valence-corrected chi connectivity index (χ4v) is 4.13. The molecule has 9 heteroatoms. The zero-order valence-electron chi connectivity index (χ0n) is 16.0. The molecule has 2 saturated heterocycles. The second kappa shape index (κ2) is 7.98. The summed E-state index contributed by atoms with van der Waals surface area (Å²) in [5.74, 6) is -3.20. The van der Waals surface area contributed by atoms with Crippen LogP contribution in [0.2, 0.25) is 0 Å². The van der Waals surface area contributed by atoms with E-state index in [0.29, 0.717) is 25.7 Å². The van der Waals surface area contributed by atoms with Crippen LogP contribution >= 0.6 is 0 Å². The molecule has 0 bridgehead atoms. The van der Waals surface area contributed by atoms with Gasteiger partial charge in [0.15, 0.2) is 11.6 Å². The average molecular weight is 398 g/mol. The lowest BCUT2D eigenvalue weighted by molar-refractivity contribution is -0.132. The molecule has 2 aliphatic heterocycles. The molecule has 0 spiro atoms. The summed E-state index contributed by atoms with van der Waals surface area (Å²) in [5.41, 5.74) is 5.93. The molecule has 2 aliphatic rings. The molecule has 0 saturated carbocycles. The summed E-state index contributed by atoms with van der Waals surface area (Å²) in [6.45, 7) is 1.71. The van der Waals surface area contributed by atoms with E-state index in [0.717, 1.165) is 12.5 Å². The van der Waals surface area contributed by atoms with Crippen LogP contribution in [0.15, 0.2) is 12.1 Å². The maximum absolute atomic E-state index is 13.8. The first kappa shape index (κ1) is 20.4. The van der Waals surface area contributed by atoms with Crippen LogP contribution in [0.3, 0.4) is 0 Å². The van der Waals surface area contributed by atoms with Gasteiger partial charge in [0, 0.05) is 58.2 Å². The van der Waals surface area contributed by atoms with Gasteiger partial charge in [0.1, 0.15) is 5.82 Å². The number of hydrogen-bond donors (Lipinski definition) is 1. The minimum Gasteiger partial charge on any atom is -0.338 e. The summed E-state index contributed by atoms with van der Waals surface area (Å²) in [6, 6.07) is 0.435. The van der Waals surface area contributed by atoms with Crippen LogP contribution in [0.1, 0.15) is 18.4 Å². The van der Waals surface area contributed by atoms with Crippen molar-refractivity contribution in [3.8, 4) is 0 Å². The summed E-state index contributed by atoms with van der Waals surface area (Å²) in [4.78, 5) is 29.9. The third kappa shape index (κ3) is 4.09. The zero-order valence-corrected chi connectivity index (χ0v) is 16.0. The van der Waals surface area contributed by atoms with Crippen molar-refractivity contribution >= 4 is 11.9 Å². The van der Waals surface area contributed by atoms with Gasteiger partial charge in [-0.25, -0.2) is 18.0 Å². The molecule has 6 nitrogen and oxygen atoms in total. The van der Waals surface area contributed by atoms with Crippen molar-refractivity contribution in [3.05, 3.63) is 35.1 Å². The standard InChI is InChI=1S/C19H25F3N4O2/c1-24(2)19(28)25-9-11-3-4-26(17(11)10-25)18(27)7-13(23)5-12-6-15(21)16(22)8-14(12)20/h6,8,11,13,17H,3-5,7,9-10,23H2,1-2H3/t11?,13-,17?/m1/s1. The molecule has 0 radical (unpaired) electrons. The number of benzene rings is 1. The van der Waals surface area contributed by atoms with Gasteiger partial charge in [-0.15, -0.1) is 0 Å². The molecule has 1 aromatic carbocycles. The van der Waals surface area contributed by atoms with Crippen molar-refractivity contribution in [1.29, 1.82) is 0 Å². The fraction of sp³-hybridized carbons (Fsp3) is 0.579. The molecule has 0 aliphatic carbocycles. The summed E-state index contributed by atoms with van der Waals surface area (Å²) in [6.07, 6.45) is 0.728. The van der Waals surface area contributed by atoms with Crippen LogP contribution in [0, 0.1) is 23.4 Å². The second-order valence-corrected chi connectivity index (χ2v) is 7.81. The van der Waals surface area contributed by atoms with Crippen molar-refractivity contribution in [3.63, 3.8) is 0 Å². The number of amides is 3. The van der Waals surface area contributed by atoms with Crippen LogP contribution in [0.4, 0.5) is 18.0 Å². The van der Waals surface area contributed by atoms with Crippen molar-refractivity contribution in [2.24, 2.45) is 11.7 Å². The number of halogens is 3. The zero-order chi connectivity index (χ0) is 20.6. The van der Waals surface area contributed by atoms with Crippen LogP contribution in [-0.2, 0) is 11.2 Å². The van der Waals surface area contributed by atoms with E-state index in [-0.39, 0.29) is 42.3 Å². The highest BCUT2D eigenvalue weighted by atomic mass is 19.2. The lowest BCUT2D eigenvalue weighted by Gasteiger charge is -2.27. The highest BCUT2D eigenvalue weighted by Crippen LogP contribution is 2.32. The Morgan fingerprint density at radius 2 is 1.86 bits per heavy atom. The molecule has 2 N–H and O–H groups in total. The minimum atomic E-state index is -1.26. The van der Waals surface area contributed by atoms with E-state index in [1.165, 1.54) is 4.90 Å². The number of nitrogens with zero attached hydrogens (tertiary/aromatic N) is 3. The quantitative estimate of drug-likeness (QED) is 0.783. The Morgan fingerprint density at radius 1 is 1.18 bits per heavy atom. The van der Waals surface area contributed by atoms with Gasteiger partial charge in [-0.2, -0.15) is 0 Å². The molecular weight excluding hydrogens is 373 g/mol. The smallest absolute Gasteiger partial charge is 0.319 e. The van der Waals surface area contributed by atoms with E-state index in [1.807, 2.05) is 0 Å². The highest BCUT2D eigenvalue weighted by molar-refractivity contribution is 5.78. The Bertz CT molecular complexity index is 774. The van der Waals surface area contributed by atoms with Gasteiger partial charge in [-0.1, -0.05) is 0 Å². The van der Waals surface area contributed by atoms with Gasteiger partial charge >= 0.3 is 6.03 Å². The maximum Gasteiger partial charge on any atom is 0.319 e. The molecule has 28 heavy (non-hydrogen) atoms. The number of fused-ring (bicyclic) bond motifs is 1. The Morgan fingerprint density at radius 3 is 2.54 bits per heavy atom. The molecule has 3 atom stereocenters. The van der Waals surface area contributed by atoms with Gasteiger partial charge in [-0.05, 0) is 24.5 Å². The molecule has 2 heterocycles. The van der Waals surface area contributed by atoms with Crippen LogP contribution in [-0.4, -0.2) is 72.5 Å². The molecule has 1 aromatic rings. The molecule has 2 fully saturated rings. The third-order valence-electron chi connectivity index (χ3n) is 5.53. The molecule has 2 unspecified atom stereocenters. The largest absolute Gasteiger partial charge is 0.338 e. The lowest BCUT2D eigenvalue weighted by Crippen LogP contribution is -2.44. The van der Waals surface area contributed by atoms with Crippen molar-refractivity contribution in [2.45, 2.75) is 31.3 Å².